The molecule has 0 atom stereocenters. The zero-order valence-electron chi connectivity index (χ0n) is 19.1. The number of nitrogens with one attached hydrogen (secondary N) is 1. The second-order valence-corrected chi connectivity index (χ2v) is 10.2. The van der Waals surface area contributed by atoms with Gasteiger partial charge in [-0.25, -0.2) is 4.68 Å². The van der Waals surface area contributed by atoms with Crippen molar-refractivity contribution in [2.75, 3.05) is 5.32 Å². The molecule has 0 radical (unpaired) electrons. The van der Waals surface area contributed by atoms with Gasteiger partial charge in [-0.1, -0.05) is 56.6 Å². The summed E-state index contributed by atoms with van der Waals surface area (Å²) >= 11 is 9.39. The number of carbonyl (C=O) groups excluding carboxylic acids is 1. The average molecular weight is 543 g/mol. The molecular weight excluding hydrogens is 518 g/mol. The Morgan fingerprint density at radius 1 is 1.03 bits per heavy atom. The fourth-order valence-corrected chi connectivity index (χ4v) is 3.80. The lowest BCUT2D eigenvalue weighted by atomic mass is 9.87. The molecule has 1 N–H and O–H groups in total. The molecule has 4 rings (SSSR count). The van der Waals surface area contributed by atoms with Crippen LogP contribution in [0.1, 0.15) is 42.4 Å². The molecule has 176 valence electrons. The highest BCUT2D eigenvalue weighted by Gasteiger charge is 2.15. The largest absolute Gasteiger partial charge is 0.471 e. The molecule has 2 aromatic carbocycles. The van der Waals surface area contributed by atoms with Crippen LogP contribution in [-0.2, 0) is 18.7 Å². The highest BCUT2D eigenvalue weighted by molar-refractivity contribution is 9.10. The van der Waals surface area contributed by atoms with Crippen molar-refractivity contribution in [3.63, 3.8) is 0 Å². The predicted molar refractivity (Wildman–Crippen MR) is 136 cm³/mol. The summed E-state index contributed by atoms with van der Waals surface area (Å²) in [5.41, 5.74) is 2.64. The lowest BCUT2D eigenvalue weighted by molar-refractivity contribution is 0.101. The van der Waals surface area contributed by atoms with Gasteiger partial charge in [-0.15, -0.1) is 0 Å². The fourth-order valence-electron chi connectivity index (χ4n) is 3.26. The summed E-state index contributed by atoms with van der Waals surface area (Å²) in [7, 11) is 0. The molecule has 0 aliphatic carbocycles. The molecule has 0 fully saturated rings. The second-order valence-electron chi connectivity index (χ2n) is 8.89. The van der Waals surface area contributed by atoms with E-state index >= 15 is 0 Å². The van der Waals surface area contributed by atoms with E-state index < -0.39 is 0 Å². The van der Waals surface area contributed by atoms with Gasteiger partial charge in [-0.3, -0.25) is 9.48 Å². The minimum absolute atomic E-state index is 0.0868. The summed E-state index contributed by atoms with van der Waals surface area (Å²) in [5.74, 6) is 0.805. The van der Waals surface area contributed by atoms with Gasteiger partial charge >= 0.3 is 0 Å². The van der Waals surface area contributed by atoms with Crippen molar-refractivity contribution in [2.24, 2.45) is 0 Å². The minimum atomic E-state index is -0.356. The number of hydrogen-bond acceptors (Lipinski definition) is 4. The van der Waals surface area contributed by atoms with Crippen LogP contribution in [0.25, 0.3) is 0 Å². The smallest absolute Gasteiger partial charge is 0.277 e. The zero-order valence-corrected chi connectivity index (χ0v) is 21.5. The Bertz CT molecular complexity index is 1270. The van der Waals surface area contributed by atoms with Crippen LogP contribution in [0.5, 0.6) is 5.75 Å². The summed E-state index contributed by atoms with van der Waals surface area (Å²) in [6.07, 6.45) is 3.51. The summed E-state index contributed by atoms with van der Waals surface area (Å²) in [5, 5.41) is 12.2. The summed E-state index contributed by atoms with van der Waals surface area (Å²) < 4.78 is 9.78. The maximum Gasteiger partial charge on any atom is 0.277 e. The van der Waals surface area contributed by atoms with Gasteiger partial charge in [-0.05, 0) is 62.8 Å². The maximum atomic E-state index is 12.7. The van der Waals surface area contributed by atoms with E-state index in [1.54, 1.807) is 21.6 Å². The molecule has 0 unspecified atom stereocenters. The van der Waals surface area contributed by atoms with Crippen molar-refractivity contribution >= 4 is 39.3 Å². The van der Waals surface area contributed by atoms with Gasteiger partial charge in [0.15, 0.2) is 18.2 Å². The SMILES string of the molecule is CC(C)(C)c1ccc(OCn2ccc(C(=O)Nc3nn(Cc4ccc(Cl)cc4)cc3Br)n2)cc1. The normalized spacial score (nSPS) is 11.4. The van der Waals surface area contributed by atoms with Crippen LogP contribution >= 0.6 is 27.5 Å². The monoisotopic (exact) mass is 541 g/mol. The molecule has 0 saturated carbocycles. The van der Waals surface area contributed by atoms with Gasteiger partial charge in [0.2, 0.25) is 0 Å². The van der Waals surface area contributed by atoms with E-state index in [-0.39, 0.29) is 23.7 Å². The molecule has 34 heavy (non-hydrogen) atoms. The molecule has 0 aliphatic rings. The molecule has 0 saturated heterocycles. The Morgan fingerprint density at radius 2 is 1.74 bits per heavy atom. The van der Waals surface area contributed by atoms with E-state index in [1.807, 2.05) is 42.6 Å². The highest BCUT2D eigenvalue weighted by Crippen LogP contribution is 2.24. The number of halogens is 2. The van der Waals surface area contributed by atoms with Crippen molar-refractivity contribution in [3.05, 3.63) is 93.3 Å². The number of hydrogen-bond donors (Lipinski definition) is 1. The number of carbonyl (C=O) groups is 1. The first-order chi connectivity index (χ1) is 16.2. The van der Waals surface area contributed by atoms with Crippen molar-refractivity contribution < 1.29 is 9.53 Å². The van der Waals surface area contributed by atoms with E-state index in [4.69, 9.17) is 16.3 Å². The Balaban J connectivity index is 1.34. The Kier molecular flexibility index (Phi) is 7.09. The first kappa shape index (κ1) is 24.0. The minimum Gasteiger partial charge on any atom is -0.471 e. The van der Waals surface area contributed by atoms with Crippen LogP contribution in [-0.4, -0.2) is 25.5 Å². The first-order valence-electron chi connectivity index (χ1n) is 10.7. The molecule has 2 heterocycles. The Hall–Kier alpha value is -3.10. The third-order valence-electron chi connectivity index (χ3n) is 5.16. The second kappa shape index (κ2) is 10.0. The van der Waals surface area contributed by atoms with Gasteiger partial charge in [0.05, 0.1) is 11.0 Å². The quantitative estimate of drug-likeness (QED) is 0.305. The lowest BCUT2D eigenvalue weighted by Crippen LogP contribution is -2.15. The summed E-state index contributed by atoms with van der Waals surface area (Å²) in [4.78, 5) is 12.7. The van der Waals surface area contributed by atoms with Crippen LogP contribution in [0.15, 0.2) is 71.5 Å². The van der Waals surface area contributed by atoms with Crippen LogP contribution in [0.4, 0.5) is 5.82 Å². The number of amides is 1. The van der Waals surface area contributed by atoms with Crippen LogP contribution in [0.3, 0.4) is 0 Å². The van der Waals surface area contributed by atoms with Gasteiger partial charge in [-0.2, -0.15) is 10.2 Å². The van der Waals surface area contributed by atoms with Gasteiger partial charge in [0.1, 0.15) is 5.75 Å². The Morgan fingerprint density at radius 3 is 2.41 bits per heavy atom. The van der Waals surface area contributed by atoms with Crippen molar-refractivity contribution in [1.82, 2.24) is 19.6 Å². The Labute approximate surface area is 211 Å². The maximum absolute atomic E-state index is 12.7. The third kappa shape index (κ3) is 6.07. The molecule has 0 aliphatic heterocycles. The number of benzene rings is 2. The number of ether oxygens (including phenoxy) is 1. The molecule has 1 amide bonds. The molecule has 0 bridgehead atoms. The van der Waals surface area contributed by atoms with E-state index in [0.717, 1.165) is 11.3 Å². The molecule has 4 aromatic rings. The molecule has 9 heteroatoms. The van der Waals surface area contributed by atoms with Crippen molar-refractivity contribution in [1.29, 1.82) is 0 Å². The third-order valence-corrected chi connectivity index (χ3v) is 6.00. The molecular formula is C25H25BrClN5O2. The summed E-state index contributed by atoms with van der Waals surface area (Å²) in [6.45, 7) is 7.25. The average Bonchev–Trinajstić information content (AvgIpc) is 3.40. The molecule has 0 spiro atoms. The van der Waals surface area contributed by atoms with E-state index in [1.165, 1.54) is 5.56 Å². The van der Waals surface area contributed by atoms with Crippen molar-refractivity contribution in [2.45, 2.75) is 39.5 Å². The first-order valence-corrected chi connectivity index (χ1v) is 11.9. The summed E-state index contributed by atoms with van der Waals surface area (Å²) in [6, 6.07) is 17.2. The number of nitrogens with zero attached hydrogens (tertiary/aromatic N) is 4. The van der Waals surface area contributed by atoms with Crippen LogP contribution in [0.2, 0.25) is 5.02 Å². The van der Waals surface area contributed by atoms with E-state index in [9.17, 15) is 4.79 Å². The topological polar surface area (TPSA) is 74.0 Å². The fraction of sp³-hybridized carbons (Fsp3) is 0.240. The molecule has 2 aromatic heterocycles. The van der Waals surface area contributed by atoms with Crippen LogP contribution in [0, 0.1) is 0 Å². The highest BCUT2D eigenvalue weighted by atomic mass is 79.9. The number of rotatable bonds is 7. The lowest BCUT2D eigenvalue weighted by Gasteiger charge is -2.19. The number of anilines is 1. The molecule has 7 nitrogen and oxygen atoms in total. The standard InChI is InChI=1S/C25H25BrClN5O2/c1-25(2,3)18-6-10-20(11-7-18)34-16-31-13-12-22(29-31)24(33)28-23-21(26)15-32(30-23)14-17-4-8-19(27)9-5-17/h4-13,15H,14,16H2,1-3H3,(H,28,30,33). The van der Waals surface area contributed by atoms with Gasteiger partial charge in [0.25, 0.3) is 5.91 Å². The van der Waals surface area contributed by atoms with E-state index in [2.05, 4.69) is 64.3 Å². The van der Waals surface area contributed by atoms with E-state index in [0.29, 0.717) is 21.9 Å². The zero-order chi connectivity index (χ0) is 24.3. The van der Waals surface area contributed by atoms with Gasteiger partial charge < -0.3 is 10.1 Å². The number of aromatic nitrogens is 4. The van der Waals surface area contributed by atoms with Crippen molar-refractivity contribution in [3.8, 4) is 5.75 Å². The van der Waals surface area contributed by atoms with Gasteiger partial charge in [0, 0.05) is 17.4 Å². The predicted octanol–water partition coefficient (Wildman–Crippen LogP) is 6.13. The van der Waals surface area contributed by atoms with Crippen LogP contribution < -0.4 is 10.1 Å².